The molecule has 1 aliphatic rings. The van der Waals surface area contributed by atoms with Crippen LogP contribution >= 0.6 is 23.2 Å². The van der Waals surface area contributed by atoms with Crippen LogP contribution in [0.3, 0.4) is 0 Å². The molecule has 2 atom stereocenters. The molecule has 2 aromatic carbocycles. The Balaban J connectivity index is 1.96. The molecule has 2 aromatic rings. The third-order valence-corrected chi connectivity index (χ3v) is 4.65. The van der Waals surface area contributed by atoms with Crippen molar-refractivity contribution in [1.29, 1.82) is 0 Å². The molecule has 6 heteroatoms. The number of hydrogen-bond donors (Lipinski definition) is 1. The number of halogens is 2. The van der Waals surface area contributed by atoms with Crippen LogP contribution in [0.5, 0.6) is 0 Å². The van der Waals surface area contributed by atoms with E-state index in [9.17, 15) is 9.90 Å². The predicted molar refractivity (Wildman–Crippen MR) is 91.8 cm³/mol. The lowest BCUT2D eigenvalue weighted by atomic mass is 10.00. The Morgan fingerprint density at radius 1 is 1.29 bits per heavy atom. The largest absolute Gasteiger partial charge is 0.478 e. The van der Waals surface area contributed by atoms with Crippen molar-refractivity contribution in [1.82, 2.24) is 0 Å². The molecule has 1 saturated heterocycles. The molecule has 126 valence electrons. The highest BCUT2D eigenvalue weighted by molar-refractivity contribution is 6.30. The summed E-state index contributed by atoms with van der Waals surface area (Å²) in [6.45, 7) is 2.12. The molecule has 3 rings (SSSR count). The summed E-state index contributed by atoms with van der Waals surface area (Å²) < 4.78 is 12.0. The van der Waals surface area contributed by atoms with Gasteiger partial charge in [0.15, 0.2) is 0 Å². The second-order valence-electron chi connectivity index (χ2n) is 5.71. The molecule has 24 heavy (non-hydrogen) atoms. The average molecular weight is 367 g/mol. The van der Waals surface area contributed by atoms with Crippen molar-refractivity contribution in [2.75, 3.05) is 12.5 Å². The number of ether oxygens (including phenoxy) is 2. The van der Waals surface area contributed by atoms with Gasteiger partial charge in [-0.3, -0.25) is 0 Å². The quantitative estimate of drug-likeness (QED) is 0.807. The fourth-order valence-corrected chi connectivity index (χ4v) is 3.23. The molecule has 0 aromatic heterocycles. The van der Waals surface area contributed by atoms with Crippen molar-refractivity contribution < 1.29 is 19.4 Å². The Morgan fingerprint density at radius 2 is 2.00 bits per heavy atom. The van der Waals surface area contributed by atoms with E-state index < -0.39 is 17.9 Å². The van der Waals surface area contributed by atoms with E-state index in [1.165, 1.54) is 0 Å². The highest BCUT2D eigenvalue weighted by Gasteiger charge is 2.44. The topological polar surface area (TPSA) is 55.8 Å². The first-order valence-electron chi connectivity index (χ1n) is 7.43. The summed E-state index contributed by atoms with van der Waals surface area (Å²) in [5.74, 6) is -2.03. The predicted octanol–water partition coefficient (Wildman–Crippen LogP) is 4.53. The van der Waals surface area contributed by atoms with Gasteiger partial charge in [-0.05, 0) is 30.7 Å². The van der Waals surface area contributed by atoms with Gasteiger partial charge in [-0.15, -0.1) is 11.6 Å². The number of carbonyl (C=O) groups is 1. The highest BCUT2D eigenvalue weighted by atomic mass is 35.5. The van der Waals surface area contributed by atoms with Crippen LogP contribution in [-0.4, -0.2) is 23.6 Å². The minimum Gasteiger partial charge on any atom is -0.478 e. The number of hydrogen-bond acceptors (Lipinski definition) is 3. The van der Waals surface area contributed by atoms with Crippen LogP contribution in [0.2, 0.25) is 5.02 Å². The number of carboxylic acid groups (broad SMARTS) is 1. The van der Waals surface area contributed by atoms with Gasteiger partial charge in [0.25, 0.3) is 0 Å². The zero-order valence-corrected chi connectivity index (χ0v) is 14.5. The molecular formula is C18H16Cl2O4. The van der Waals surface area contributed by atoms with Gasteiger partial charge in [0.2, 0.25) is 5.79 Å². The molecule has 0 amide bonds. The van der Waals surface area contributed by atoms with Crippen molar-refractivity contribution in [2.24, 2.45) is 0 Å². The third kappa shape index (κ3) is 3.15. The third-order valence-electron chi connectivity index (χ3n) is 4.04. The lowest BCUT2D eigenvalue weighted by Crippen LogP contribution is -2.29. The van der Waals surface area contributed by atoms with E-state index in [0.29, 0.717) is 10.6 Å². The van der Waals surface area contributed by atoms with Crippen molar-refractivity contribution in [2.45, 2.75) is 18.8 Å². The maximum absolute atomic E-state index is 11.5. The van der Waals surface area contributed by atoms with Crippen molar-refractivity contribution in [3.8, 4) is 0 Å². The Morgan fingerprint density at radius 3 is 2.62 bits per heavy atom. The maximum atomic E-state index is 11.5. The van der Waals surface area contributed by atoms with Crippen LogP contribution in [-0.2, 0) is 15.3 Å². The Labute approximate surface area is 149 Å². The molecule has 1 aliphatic heterocycles. The first kappa shape index (κ1) is 17.2. The number of aromatic carboxylic acids is 1. The summed E-state index contributed by atoms with van der Waals surface area (Å²) in [7, 11) is 0. The monoisotopic (exact) mass is 366 g/mol. The average Bonchev–Trinajstić information content (AvgIpc) is 3.01. The smallest absolute Gasteiger partial charge is 0.336 e. The fourth-order valence-electron chi connectivity index (χ4n) is 2.81. The van der Waals surface area contributed by atoms with Gasteiger partial charge < -0.3 is 14.6 Å². The summed E-state index contributed by atoms with van der Waals surface area (Å²) >= 11 is 12.1. The molecule has 1 fully saturated rings. The van der Waals surface area contributed by atoms with Gasteiger partial charge in [0, 0.05) is 10.6 Å². The molecule has 1 N–H and O–H groups in total. The molecule has 0 radical (unpaired) electrons. The van der Waals surface area contributed by atoms with Gasteiger partial charge in [-0.1, -0.05) is 41.4 Å². The van der Waals surface area contributed by atoms with Crippen LogP contribution in [0.15, 0.2) is 42.5 Å². The molecule has 1 heterocycles. The van der Waals surface area contributed by atoms with Crippen LogP contribution < -0.4 is 0 Å². The first-order valence-corrected chi connectivity index (χ1v) is 8.34. The van der Waals surface area contributed by atoms with Gasteiger partial charge in [0.1, 0.15) is 6.10 Å². The minimum atomic E-state index is -1.11. The van der Waals surface area contributed by atoms with Crippen molar-refractivity contribution >= 4 is 29.2 Å². The van der Waals surface area contributed by atoms with E-state index in [4.69, 9.17) is 32.7 Å². The second kappa shape index (κ2) is 6.73. The van der Waals surface area contributed by atoms with Crippen LogP contribution in [0.4, 0.5) is 0 Å². The second-order valence-corrected chi connectivity index (χ2v) is 6.41. The van der Waals surface area contributed by atoms with E-state index >= 15 is 0 Å². The van der Waals surface area contributed by atoms with E-state index in [2.05, 4.69) is 0 Å². The van der Waals surface area contributed by atoms with Crippen LogP contribution in [0, 0.1) is 6.92 Å². The normalized spacial score (nSPS) is 23.4. The zero-order valence-electron chi connectivity index (χ0n) is 13.0. The molecule has 0 unspecified atom stereocenters. The highest BCUT2D eigenvalue weighted by Crippen LogP contribution is 2.42. The van der Waals surface area contributed by atoms with E-state index in [0.717, 1.165) is 11.1 Å². The number of alkyl halides is 1. The summed E-state index contributed by atoms with van der Waals surface area (Å²) in [5.41, 5.74) is 2.49. The lowest BCUT2D eigenvalue weighted by molar-refractivity contribution is -0.159. The number of benzene rings is 2. The molecule has 0 bridgehead atoms. The molecule has 0 saturated carbocycles. The molecule has 0 spiro atoms. The number of aryl methyl sites for hydroxylation is 1. The number of carboxylic acids is 1. The van der Waals surface area contributed by atoms with Crippen molar-refractivity contribution in [3.05, 3.63) is 69.7 Å². The van der Waals surface area contributed by atoms with Gasteiger partial charge in [-0.25, -0.2) is 4.79 Å². The van der Waals surface area contributed by atoms with Crippen LogP contribution in [0.1, 0.15) is 33.2 Å². The Kier molecular flexibility index (Phi) is 4.83. The lowest BCUT2D eigenvalue weighted by Gasteiger charge is -2.26. The van der Waals surface area contributed by atoms with E-state index in [1.54, 1.807) is 36.4 Å². The fraction of sp³-hybridized carbons (Fsp3) is 0.278. The SMILES string of the molecule is Cc1ccc(C(=O)O)c([C@H]2CO[C@](CCl)(c3ccc(Cl)cc3)O2)c1. The number of rotatable bonds is 4. The maximum Gasteiger partial charge on any atom is 0.336 e. The van der Waals surface area contributed by atoms with E-state index in [1.807, 2.05) is 13.0 Å². The Bertz CT molecular complexity index is 760. The summed E-state index contributed by atoms with van der Waals surface area (Å²) in [6, 6.07) is 12.2. The Hall–Kier alpha value is -1.59. The minimum absolute atomic E-state index is 0.0827. The standard InChI is InChI=1S/C18H16Cl2O4/c1-11-2-7-14(17(21)22)15(8-11)16-9-23-18(10-19,24-16)12-3-5-13(20)6-4-12/h2-8,16H,9-10H2,1H3,(H,21,22)/t16-,18+/m1/s1. The first-order chi connectivity index (χ1) is 11.4. The van der Waals surface area contributed by atoms with Gasteiger partial charge in [0.05, 0.1) is 18.1 Å². The molecule has 0 aliphatic carbocycles. The van der Waals surface area contributed by atoms with Crippen LogP contribution in [0.25, 0.3) is 0 Å². The zero-order chi connectivity index (χ0) is 17.3. The van der Waals surface area contributed by atoms with Crippen molar-refractivity contribution in [3.63, 3.8) is 0 Å². The van der Waals surface area contributed by atoms with Gasteiger partial charge in [-0.2, -0.15) is 0 Å². The van der Waals surface area contributed by atoms with E-state index in [-0.39, 0.29) is 18.1 Å². The molecular weight excluding hydrogens is 351 g/mol. The summed E-state index contributed by atoms with van der Waals surface area (Å²) in [5, 5.41) is 10.0. The summed E-state index contributed by atoms with van der Waals surface area (Å²) in [6.07, 6.45) is -0.509. The summed E-state index contributed by atoms with van der Waals surface area (Å²) in [4.78, 5) is 11.5. The van der Waals surface area contributed by atoms with Gasteiger partial charge >= 0.3 is 5.97 Å². The molecule has 4 nitrogen and oxygen atoms in total.